The van der Waals surface area contributed by atoms with E-state index in [9.17, 15) is 17.6 Å². The van der Waals surface area contributed by atoms with Crippen LogP contribution in [0.4, 0.5) is 17.6 Å². The van der Waals surface area contributed by atoms with Crippen LogP contribution in [0, 0.1) is 23.3 Å². The molecule has 0 aliphatic heterocycles. The minimum absolute atomic E-state index is 0.0973. The molecule has 0 N–H and O–H groups in total. The molecule has 0 saturated carbocycles. The number of halogens is 4. The van der Waals surface area contributed by atoms with Crippen molar-refractivity contribution in [2.24, 2.45) is 0 Å². The van der Waals surface area contributed by atoms with E-state index in [0.717, 1.165) is 35.4 Å². The van der Waals surface area contributed by atoms with Crippen LogP contribution < -0.4 is 9.47 Å². The molecule has 0 radical (unpaired) electrons. The Morgan fingerprint density at radius 3 is 1.29 bits per heavy atom. The molecule has 6 rings (SSSR count). The summed E-state index contributed by atoms with van der Waals surface area (Å²) in [5.41, 5.74) is 3.85. The van der Waals surface area contributed by atoms with Crippen LogP contribution in [0.1, 0.15) is 22.6 Å². The van der Waals surface area contributed by atoms with Gasteiger partial charge in [-0.25, -0.2) is 17.6 Å². The second-order valence-electron chi connectivity index (χ2n) is 9.97. The van der Waals surface area contributed by atoms with Crippen molar-refractivity contribution in [2.45, 2.75) is 26.4 Å². The summed E-state index contributed by atoms with van der Waals surface area (Å²) >= 11 is 0. The molecule has 0 atom stereocenters. The summed E-state index contributed by atoms with van der Waals surface area (Å²) in [6.45, 7) is 0.505. The monoisotopic (exact) mass is 616 g/mol. The van der Waals surface area contributed by atoms with E-state index in [-0.39, 0.29) is 26.4 Å². The van der Waals surface area contributed by atoms with Crippen molar-refractivity contribution in [3.63, 3.8) is 0 Å². The minimum atomic E-state index is -0.918. The van der Waals surface area contributed by atoms with Gasteiger partial charge in [-0.2, -0.15) is 0 Å². The third kappa shape index (κ3) is 7.57. The Morgan fingerprint density at radius 2 is 0.889 bits per heavy atom. The van der Waals surface area contributed by atoms with E-state index in [1.54, 1.807) is 36.4 Å². The van der Waals surface area contributed by atoms with Crippen LogP contribution in [0.2, 0.25) is 0 Å². The lowest BCUT2D eigenvalue weighted by molar-refractivity contribution is 0.0727. The van der Waals surface area contributed by atoms with Crippen molar-refractivity contribution >= 4 is 0 Å². The molecule has 6 aromatic rings. The standard InChI is InChI=1S/C34H24F4N2O5/c35-29-11-1-21(13-31(29)37)17-42-25-7-3-23(4-8-25)33-15-27(44-39-33)19-41-20-28-16-34(40-45-28)24-5-9-26(10-6-24)43-18-22-2-12-30(36)32(38)14-22/h1-16H,17-20H2. The average Bonchev–Trinajstić information content (AvgIpc) is 3.73. The average molecular weight is 617 g/mol. The maximum Gasteiger partial charge on any atom is 0.163 e. The molecule has 2 heterocycles. The highest BCUT2D eigenvalue weighted by atomic mass is 19.2. The summed E-state index contributed by atoms with van der Waals surface area (Å²) in [6.07, 6.45) is 0. The van der Waals surface area contributed by atoms with Crippen LogP contribution >= 0.6 is 0 Å². The normalized spacial score (nSPS) is 11.1. The molecule has 228 valence electrons. The third-order valence-electron chi connectivity index (χ3n) is 6.69. The molecular formula is C34H24F4N2O5. The fourth-order valence-corrected chi connectivity index (χ4v) is 4.32. The summed E-state index contributed by atoms with van der Waals surface area (Å²) in [4.78, 5) is 0. The number of ether oxygens (including phenoxy) is 3. The Labute approximate surface area is 254 Å². The van der Waals surface area contributed by atoms with Gasteiger partial charge in [0.2, 0.25) is 0 Å². The Bertz CT molecular complexity index is 1750. The molecule has 7 nitrogen and oxygen atoms in total. The lowest BCUT2D eigenvalue weighted by Gasteiger charge is -2.07. The van der Waals surface area contributed by atoms with Gasteiger partial charge >= 0.3 is 0 Å². The van der Waals surface area contributed by atoms with Crippen LogP contribution in [0.3, 0.4) is 0 Å². The quantitative estimate of drug-likeness (QED) is 0.128. The first kappa shape index (κ1) is 29.6. The zero-order valence-corrected chi connectivity index (χ0v) is 23.5. The molecule has 0 fully saturated rings. The van der Waals surface area contributed by atoms with Gasteiger partial charge in [-0.05, 0) is 83.9 Å². The topological polar surface area (TPSA) is 79.8 Å². The maximum atomic E-state index is 13.4. The van der Waals surface area contributed by atoms with Crippen LogP contribution in [0.5, 0.6) is 11.5 Å². The fraction of sp³-hybridized carbons (Fsp3) is 0.118. The highest BCUT2D eigenvalue weighted by Gasteiger charge is 2.11. The van der Waals surface area contributed by atoms with Crippen molar-refractivity contribution in [1.29, 1.82) is 0 Å². The highest BCUT2D eigenvalue weighted by molar-refractivity contribution is 5.60. The molecule has 11 heteroatoms. The zero-order valence-electron chi connectivity index (χ0n) is 23.5. The SMILES string of the molecule is Fc1ccc(COc2ccc(-c3cc(COCc4cc(-c5ccc(OCc6ccc(F)c(F)c6)cc5)no4)on3)cc2)cc1F. The lowest BCUT2D eigenvalue weighted by Crippen LogP contribution is -1.97. The lowest BCUT2D eigenvalue weighted by atomic mass is 10.1. The first-order valence-electron chi connectivity index (χ1n) is 13.7. The largest absolute Gasteiger partial charge is 0.489 e. The molecule has 45 heavy (non-hydrogen) atoms. The van der Waals surface area contributed by atoms with Crippen molar-refractivity contribution in [3.8, 4) is 34.0 Å². The Morgan fingerprint density at radius 1 is 0.467 bits per heavy atom. The van der Waals surface area contributed by atoms with Gasteiger partial charge in [0.05, 0.1) is 0 Å². The van der Waals surface area contributed by atoms with Gasteiger partial charge in [-0.1, -0.05) is 22.4 Å². The summed E-state index contributed by atoms with van der Waals surface area (Å²) in [5.74, 6) is -1.48. The van der Waals surface area contributed by atoms with Crippen LogP contribution in [0.15, 0.2) is 106 Å². The van der Waals surface area contributed by atoms with Crippen molar-refractivity contribution < 1.29 is 40.8 Å². The molecule has 0 aliphatic carbocycles. The number of hydrogen-bond donors (Lipinski definition) is 0. The Kier molecular flexibility index (Phi) is 8.88. The van der Waals surface area contributed by atoms with Gasteiger partial charge in [-0.3, -0.25) is 0 Å². The van der Waals surface area contributed by atoms with Gasteiger partial charge in [0.1, 0.15) is 49.3 Å². The molecular weight excluding hydrogens is 592 g/mol. The molecule has 4 aromatic carbocycles. The van der Waals surface area contributed by atoms with Crippen LogP contribution in [-0.2, 0) is 31.2 Å². The highest BCUT2D eigenvalue weighted by Crippen LogP contribution is 2.25. The molecule has 2 aromatic heterocycles. The van der Waals surface area contributed by atoms with E-state index in [0.29, 0.717) is 45.5 Å². The second kappa shape index (κ2) is 13.5. The van der Waals surface area contributed by atoms with Crippen molar-refractivity contribution in [3.05, 3.63) is 143 Å². The van der Waals surface area contributed by atoms with Crippen LogP contribution in [0.25, 0.3) is 22.5 Å². The van der Waals surface area contributed by atoms with E-state index in [4.69, 9.17) is 23.3 Å². The molecule has 0 amide bonds. The summed E-state index contributed by atoms with van der Waals surface area (Å²) < 4.78 is 80.8. The van der Waals surface area contributed by atoms with Gasteiger partial charge in [0.15, 0.2) is 34.8 Å². The van der Waals surface area contributed by atoms with Gasteiger partial charge in [0, 0.05) is 23.3 Å². The predicted octanol–water partition coefficient (Wildman–Crippen LogP) is 8.43. The van der Waals surface area contributed by atoms with Crippen molar-refractivity contribution in [2.75, 3.05) is 0 Å². The molecule has 0 aliphatic rings. The number of nitrogens with zero attached hydrogens (tertiary/aromatic N) is 2. The van der Waals surface area contributed by atoms with Gasteiger partial charge < -0.3 is 23.3 Å². The van der Waals surface area contributed by atoms with Crippen LogP contribution in [-0.4, -0.2) is 10.3 Å². The van der Waals surface area contributed by atoms with Crippen molar-refractivity contribution in [1.82, 2.24) is 10.3 Å². The maximum absolute atomic E-state index is 13.4. The predicted molar refractivity (Wildman–Crippen MR) is 154 cm³/mol. The van der Waals surface area contributed by atoms with E-state index in [1.165, 1.54) is 12.1 Å². The fourth-order valence-electron chi connectivity index (χ4n) is 4.32. The molecule has 0 saturated heterocycles. The first-order valence-corrected chi connectivity index (χ1v) is 13.7. The smallest absolute Gasteiger partial charge is 0.163 e. The number of benzene rings is 4. The summed E-state index contributed by atoms with van der Waals surface area (Å²) in [7, 11) is 0. The van der Waals surface area contributed by atoms with E-state index >= 15 is 0 Å². The first-order chi connectivity index (χ1) is 21.9. The number of hydrogen-bond acceptors (Lipinski definition) is 7. The Balaban J connectivity index is 0.959. The van der Waals surface area contributed by atoms with E-state index in [1.807, 2.05) is 24.3 Å². The van der Waals surface area contributed by atoms with E-state index < -0.39 is 23.3 Å². The third-order valence-corrected chi connectivity index (χ3v) is 6.69. The zero-order chi connectivity index (χ0) is 31.2. The minimum Gasteiger partial charge on any atom is -0.489 e. The molecule has 0 unspecified atom stereocenters. The Hall–Kier alpha value is -5.42. The summed E-state index contributed by atoms with van der Waals surface area (Å²) in [6, 6.07) is 25.0. The van der Waals surface area contributed by atoms with E-state index in [2.05, 4.69) is 10.3 Å². The molecule has 0 bridgehead atoms. The second-order valence-corrected chi connectivity index (χ2v) is 9.97. The molecule has 0 spiro atoms. The summed E-state index contributed by atoms with van der Waals surface area (Å²) in [5, 5.41) is 8.18. The number of rotatable bonds is 12. The van der Waals surface area contributed by atoms with Gasteiger partial charge in [-0.15, -0.1) is 0 Å². The van der Waals surface area contributed by atoms with Gasteiger partial charge in [0.25, 0.3) is 0 Å². The number of aromatic nitrogens is 2.